The fourth-order valence-corrected chi connectivity index (χ4v) is 2.01. The van der Waals surface area contributed by atoms with Gasteiger partial charge in [-0.1, -0.05) is 0 Å². The number of aromatic nitrogens is 1. The van der Waals surface area contributed by atoms with Crippen LogP contribution in [0.4, 0.5) is 23.7 Å². The molecule has 8 heteroatoms. The number of halogens is 3. The predicted octanol–water partition coefficient (Wildman–Crippen LogP) is 2.81. The van der Waals surface area contributed by atoms with Crippen molar-refractivity contribution in [1.29, 1.82) is 0 Å². The van der Waals surface area contributed by atoms with Gasteiger partial charge < -0.3 is 15.0 Å². The molecule has 0 atom stereocenters. The topological polar surface area (TPSA) is 54.5 Å². The van der Waals surface area contributed by atoms with Crippen molar-refractivity contribution >= 4 is 11.8 Å². The molecule has 122 valence electrons. The summed E-state index contributed by atoms with van der Waals surface area (Å²) < 4.78 is 43.0. The fourth-order valence-electron chi connectivity index (χ4n) is 2.01. The van der Waals surface area contributed by atoms with Crippen LogP contribution in [0.15, 0.2) is 18.5 Å². The maximum atomic E-state index is 12.6. The minimum atomic E-state index is -4.41. The van der Waals surface area contributed by atoms with E-state index in [2.05, 4.69) is 10.3 Å². The van der Waals surface area contributed by atoms with E-state index in [4.69, 9.17) is 4.74 Å². The highest BCUT2D eigenvalue weighted by Crippen LogP contribution is 2.31. The van der Waals surface area contributed by atoms with E-state index in [0.717, 1.165) is 12.3 Å². The molecule has 0 saturated carbocycles. The summed E-state index contributed by atoms with van der Waals surface area (Å²) in [4.78, 5) is 16.9. The van der Waals surface area contributed by atoms with Gasteiger partial charge in [0.1, 0.15) is 5.60 Å². The number of nitrogens with one attached hydrogen (secondary N) is 1. The Morgan fingerprint density at radius 1 is 1.32 bits per heavy atom. The molecule has 1 aliphatic rings. The lowest BCUT2D eigenvalue weighted by Crippen LogP contribution is -2.60. The Bertz CT molecular complexity index is 549. The van der Waals surface area contributed by atoms with Gasteiger partial charge in [-0.3, -0.25) is 4.98 Å². The Kier molecular flexibility index (Phi) is 4.21. The van der Waals surface area contributed by atoms with Gasteiger partial charge in [-0.2, -0.15) is 13.2 Å². The molecular weight excluding hydrogens is 299 g/mol. The standard InChI is InChI=1S/C14H18F3N3O2/c1-13(2,3)22-12(21)19-10-7-20(8-10)11-4-9(5-18-6-11)14(15,16)17/h4-6,10H,7-8H2,1-3H3,(H,19,21). The summed E-state index contributed by atoms with van der Waals surface area (Å²) in [7, 11) is 0. The average Bonchev–Trinajstić information content (AvgIpc) is 2.30. The Labute approximate surface area is 126 Å². The maximum Gasteiger partial charge on any atom is 0.417 e. The summed E-state index contributed by atoms with van der Waals surface area (Å²) in [5.74, 6) is 0. The number of rotatable bonds is 2. The minimum absolute atomic E-state index is 0.149. The highest BCUT2D eigenvalue weighted by Gasteiger charge is 2.34. The van der Waals surface area contributed by atoms with Crippen LogP contribution in [0.5, 0.6) is 0 Å². The zero-order chi connectivity index (χ0) is 16.5. The first-order valence-electron chi connectivity index (χ1n) is 6.81. The van der Waals surface area contributed by atoms with Gasteiger partial charge in [0.2, 0.25) is 0 Å². The number of alkyl halides is 3. The van der Waals surface area contributed by atoms with Gasteiger partial charge in [-0.15, -0.1) is 0 Å². The molecule has 22 heavy (non-hydrogen) atoms. The zero-order valence-electron chi connectivity index (χ0n) is 12.6. The summed E-state index contributed by atoms with van der Waals surface area (Å²) in [5.41, 5.74) is -0.982. The number of amides is 1. The van der Waals surface area contributed by atoms with Crippen LogP contribution in [0.2, 0.25) is 0 Å². The van der Waals surface area contributed by atoms with Gasteiger partial charge in [0.25, 0.3) is 0 Å². The summed E-state index contributed by atoms with van der Waals surface area (Å²) in [6.45, 7) is 6.11. The quantitative estimate of drug-likeness (QED) is 0.911. The minimum Gasteiger partial charge on any atom is -0.444 e. The second-order valence-corrected chi connectivity index (χ2v) is 6.18. The van der Waals surface area contributed by atoms with E-state index in [-0.39, 0.29) is 6.04 Å². The van der Waals surface area contributed by atoms with Crippen molar-refractivity contribution in [1.82, 2.24) is 10.3 Å². The average molecular weight is 317 g/mol. The number of anilines is 1. The first kappa shape index (κ1) is 16.4. The lowest BCUT2D eigenvalue weighted by Gasteiger charge is -2.41. The van der Waals surface area contributed by atoms with Gasteiger partial charge in [-0.25, -0.2) is 4.79 Å². The molecule has 1 aromatic rings. The molecule has 2 heterocycles. The Morgan fingerprint density at radius 2 is 1.95 bits per heavy atom. The Morgan fingerprint density at radius 3 is 2.50 bits per heavy atom. The Balaban J connectivity index is 1.88. The van der Waals surface area contributed by atoms with Crippen molar-refractivity contribution in [3.63, 3.8) is 0 Å². The third-order valence-electron chi connectivity index (χ3n) is 3.02. The van der Waals surface area contributed by atoms with Crippen LogP contribution < -0.4 is 10.2 Å². The van der Waals surface area contributed by atoms with Crippen molar-refractivity contribution < 1.29 is 22.7 Å². The predicted molar refractivity (Wildman–Crippen MR) is 74.6 cm³/mol. The molecule has 1 fully saturated rings. The van der Waals surface area contributed by atoms with Crippen molar-refractivity contribution in [2.45, 2.75) is 38.6 Å². The number of hydrogen-bond acceptors (Lipinski definition) is 4. The van der Waals surface area contributed by atoms with Crippen molar-refractivity contribution in [3.05, 3.63) is 24.0 Å². The van der Waals surface area contributed by atoms with Crippen LogP contribution in [-0.2, 0) is 10.9 Å². The van der Waals surface area contributed by atoms with E-state index >= 15 is 0 Å². The fraction of sp³-hybridized carbons (Fsp3) is 0.571. The number of hydrogen-bond donors (Lipinski definition) is 1. The van der Waals surface area contributed by atoms with E-state index in [0.29, 0.717) is 18.8 Å². The molecule has 5 nitrogen and oxygen atoms in total. The number of carbonyl (C=O) groups excluding carboxylic acids is 1. The third-order valence-corrected chi connectivity index (χ3v) is 3.02. The highest BCUT2D eigenvalue weighted by atomic mass is 19.4. The maximum absolute atomic E-state index is 12.6. The van der Waals surface area contributed by atoms with Crippen molar-refractivity contribution in [2.75, 3.05) is 18.0 Å². The molecule has 1 aromatic heterocycles. The number of nitrogens with zero attached hydrogens (tertiary/aromatic N) is 2. The third kappa shape index (κ3) is 4.25. The molecular formula is C14H18F3N3O2. The van der Waals surface area contributed by atoms with Gasteiger partial charge in [0.05, 0.1) is 23.5 Å². The summed E-state index contributed by atoms with van der Waals surface area (Å²) >= 11 is 0. The second kappa shape index (κ2) is 5.66. The molecule has 1 amide bonds. The van der Waals surface area contributed by atoms with Gasteiger partial charge >= 0.3 is 12.3 Å². The van der Waals surface area contributed by atoms with Gasteiger partial charge in [0, 0.05) is 19.3 Å². The monoisotopic (exact) mass is 317 g/mol. The van der Waals surface area contributed by atoms with E-state index in [1.54, 1.807) is 25.7 Å². The van der Waals surface area contributed by atoms with E-state index in [1.165, 1.54) is 6.20 Å². The largest absolute Gasteiger partial charge is 0.444 e. The molecule has 0 spiro atoms. The van der Waals surface area contributed by atoms with Gasteiger partial charge in [-0.05, 0) is 26.8 Å². The van der Waals surface area contributed by atoms with E-state index < -0.39 is 23.4 Å². The SMILES string of the molecule is CC(C)(C)OC(=O)NC1CN(c2cncc(C(F)(F)F)c2)C1. The number of pyridine rings is 1. The highest BCUT2D eigenvalue weighted by molar-refractivity contribution is 5.69. The normalized spacial score (nSPS) is 16.2. The van der Waals surface area contributed by atoms with Crippen LogP contribution in [0, 0.1) is 0 Å². The van der Waals surface area contributed by atoms with Crippen LogP contribution in [0.3, 0.4) is 0 Å². The van der Waals surface area contributed by atoms with Gasteiger partial charge in [0.15, 0.2) is 0 Å². The van der Waals surface area contributed by atoms with Crippen LogP contribution >= 0.6 is 0 Å². The second-order valence-electron chi connectivity index (χ2n) is 6.18. The molecule has 1 aliphatic heterocycles. The molecule has 0 unspecified atom stereocenters. The molecule has 0 bridgehead atoms. The zero-order valence-corrected chi connectivity index (χ0v) is 12.6. The lowest BCUT2D eigenvalue weighted by atomic mass is 10.1. The van der Waals surface area contributed by atoms with Crippen LogP contribution in [0.25, 0.3) is 0 Å². The van der Waals surface area contributed by atoms with E-state index in [1.807, 2.05) is 0 Å². The molecule has 1 N–H and O–H groups in total. The van der Waals surface area contributed by atoms with E-state index in [9.17, 15) is 18.0 Å². The molecule has 0 aromatic carbocycles. The van der Waals surface area contributed by atoms with Crippen LogP contribution in [-0.4, -0.2) is 35.8 Å². The van der Waals surface area contributed by atoms with Crippen molar-refractivity contribution in [2.24, 2.45) is 0 Å². The molecule has 0 aliphatic carbocycles. The summed E-state index contributed by atoms with van der Waals surface area (Å²) in [5, 5.41) is 2.67. The number of alkyl carbamates (subject to hydrolysis) is 1. The molecule has 2 rings (SSSR count). The lowest BCUT2D eigenvalue weighted by molar-refractivity contribution is -0.137. The first-order valence-corrected chi connectivity index (χ1v) is 6.81. The molecule has 0 radical (unpaired) electrons. The number of carbonyl (C=O) groups is 1. The van der Waals surface area contributed by atoms with Crippen LogP contribution in [0.1, 0.15) is 26.3 Å². The first-order chi connectivity index (χ1) is 10.0. The Hall–Kier alpha value is -1.99. The summed E-state index contributed by atoms with van der Waals surface area (Å²) in [6, 6.07) is 0.904. The summed E-state index contributed by atoms with van der Waals surface area (Å²) in [6.07, 6.45) is -2.78. The number of ether oxygens (including phenoxy) is 1. The van der Waals surface area contributed by atoms with Crippen molar-refractivity contribution in [3.8, 4) is 0 Å². The molecule has 1 saturated heterocycles. The smallest absolute Gasteiger partial charge is 0.417 e.